The second kappa shape index (κ2) is 7.16. The number of hydrogen-bond acceptors (Lipinski definition) is 4. The number of rotatable bonds is 6. The molecule has 0 aliphatic heterocycles. The van der Waals surface area contributed by atoms with Gasteiger partial charge in [0.2, 0.25) is 0 Å². The highest BCUT2D eigenvalue weighted by Gasteiger charge is 2.29. The van der Waals surface area contributed by atoms with Crippen LogP contribution in [0.15, 0.2) is 0 Å². The second-order valence-electron chi connectivity index (χ2n) is 6.89. The lowest BCUT2D eigenvalue weighted by Gasteiger charge is -2.34. The molecule has 5 nitrogen and oxygen atoms in total. The van der Waals surface area contributed by atoms with Crippen molar-refractivity contribution in [1.82, 2.24) is 25.5 Å². The zero-order valence-electron chi connectivity index (χ0n) is 13.3. The fourth-order valence-electron chi connectivity index (χ4n) is 3.28. The van der Waals surface area contributed by atoms with Crippen LogP contribution in [0.3, 0.4) is 0 Å². The molecule has 3 unspecified atom stereocenters. The molecular formula is C15H29N5. The summed E-state index contributed by atoms with van der Waals surface area (Å²) in [6.07, 6.45) is 4.97. The largest absolute Gasteiger partial charge is 0.316 e. The van der Waals surface area contributed by atoms with Crippen LogP contribution in [0, 0.1) is 23.7 Å². The Bertz CT molecular complexity index is 401. The molecule has 5 heteroatoms. The third-order valence-electron chi connectivity index (χ3n) is 4.36. The molecule has 1 heterocycles. The van der Waals surface area contributed by atoms with E-state index in [0.717, 1.165) is 43.1 Å². The summed E-state index contributed by atoms with van der Waals surface area (Å²) in [5, 5.41) is 16.1. The Morgan fingerprint density at radius 1 is 1.30 bits per heavy atom. The maximum atomic E-state index is 4.35. The summed E-state index contributed by atoms with van der Waals surface area (Å²) in [5.74, 6) is 3.91. The summed E-state index contributed by atoms with van der Waals surface area (Å²) in [7, 11) is 1.83. The normalized spacial score (nSPS) is 27.1. The topological polar surface area (TPSA) is 55.6 Å². The number of nitrogens with one attached hydrogen (secondary N) is 1. The lowest BCUT2D eigenvalue weighted by molar-refractivity contribution is 0.180. The summed E-state index contributed by atoms with van der Waals surface area (Å²) in [6, 6.07) is 0. The van der Waals surface area contributed by atoms with E-state index in [1.54, 1.807) is 4.80 Å². The van der Waals surface area contributed by atoms with Crippen LogP contribution < -0.4 is 5.32 Å². The van der Waals surface area contributed by atoms with Crippen LogP contribution in [0.4, 0.5) is 0 Å². The van der Waals surface area contributed by atoms with Gasteiger partial charge in [-0.1, -0.05) is 27.2 Å². The first-order chi connectivity index (χ1) is 9.54. The van der Waals surface area contributed by atoms with E-state index < -0.39 is 0 Å². The Hall–Kier alpha value is -0.970. The first-order valence-corrected chi connectivity index (χ1v) is 7.98. The van der Waals surface area contributed by atoms with Gasteiger partial charge in [0.1, 0.15) is 0 Å². The smallest absolute Gasteiger partial charge is 0.175 e. The molecule has 1 N–H and O–H groups in total. The van der Waals surface area contributed by atoms with Gasteiger partial charge in [-0.25, -0.2) is 0 Å². The van der Waals surface area contributed by atoms with Crippen molar-refractivity contribution >= 4 is 0 Å². The van der Waals surface area contributed by atoms with Crippen molar-refractivity contribution in [3.63, 3.8) is 0 Å². The highest BCUT2D eigenvalue weighted by atomic mass is 15.6. The van der Waals surface area contributed by atoms with Crippen LogP contribution in [0.2, 0.25) is 0 Å². The zero-order chi connectivity index (χ0) is 14.5. The molecular weight excluding hydrogens is 250 g/mol. The number of aromatic nitrogens is 4. The number of nitrogens with zero attached hydrogens (tertiary/aromatic N) is 4. The molecule has 2 rings (SSSR count). The quantitative estimate of drug-likeness (QED) is 0.866. The molecule has 1 aromatic heterocycles. The maximum Gasteiger partial charge on any atom is 0.175 e. The SMILES string of the molecule is CC(C)CNCC1CCC(C)CC1Cc1nnn(C)n1. The Kier molecular flexibility index (Phi) is 5.52. The van der Waals surface area contributed by atoms with Gasteiger partial charge in [0, 0.05) is 6.42 Å². The molecule has 114 valence electrons. The summed E-state index contributed by atoms with van der Waals surface area (Å²) < 4.78 is 0. The zero-order valence-corrected chi connectivity index (χ0v) is 13.3. The van der Waals surface area contributed by atoms with Crippen LogP contribution in [0.5, 0.6) is 0 Å². The molecule has 1 saturated carbocycles. The fraction of sp³-hybridized carbons (Fsp3) is 0.933. The first kappa shape index (κ1) is 15.4. The molecule has 0 spiro atoms. The van der Waals surface area contributed by atoms with Crippen LogP contribution in [-0.2, 0) is 13.5 Å². The van der Waals surface area contributed by atoms with Crippen LogP contribution in [0.1, 0.15) is 45.9 Å². The molecule has 20 heavy (non-hydrogen) atoms. The van der Waals surface area contributed by atoms with Crippen molar-refractivity contribution in [3.05, 3.63) is 5.82 Å². The van der Waals surface area contributed by atoms with Gasteiger partial charge in [0.05, 0.1) is 7.05 Å². The van der Waals surface area contributed by atoms with Gasteiger partial charge in [-0.05, 0) is 54.8 Å². The third-order valence-corrected chi connectivity index (χ3v) is 4.36. The number of tetrazole rings is 1. The Morgan fingerprint density at radius 2 is 2.10 bits per heavy atom. The lowest BCUT2D eigenvalue weighted by atomic mass is 9.73. The lowest BCUT2D eigenvalue weighted by Crippen LogP contribution is -2.35. The number of hydrogen-bond donors (Lipinski definition) is 1. The standard InChI is InChI=1S/C15H29N5/c1-11(2)9-16-10-13-6-5-12(3)7-14(13)8-15-17-19-20(4)18-15/h11-14,16H,5-10H2,1-4H3. The maximum absolute atomic E-state index is 4.35. The third kappa shape index (κ3) is 4.54. The minimum absolute atomic E-state index is 0.697. The predicted octanol–water partition coefficient (Wildman–Crippen LogP) is 2.05. The summed E-state index contributed by atoms with van der Waals surface area (Å²) in [5.41, 5.74) is 0. The van der Waals surface area contributed by atoms with Crippen LogP contribution in [0.25, 0.3) is 0 Å². The van der Waals surface area contributed by atoms with E-state index >= 15 is 0 Å². The number of aryl methyl sites for hydroxylation is 1. The molecule has 0 aromatic carbocycles. The van der Waals surface area contributed by atoms with Gasteiger partial charge in [0.15, 0.2) is 5.82 Å². The summed E-state index contributed by atoms with van der Waals surface area (Å²) in [4.78, 5) is 1.56. The van der Waals surface area contributed by atoms with E-state index in [1.165, 1.54) is 19.3 Å². The molecule has 1 aliphatic carbocycles. The Labute approximate surface area is 122 Å². The molecule has 0 radical (unpaired) electrons. The van der Waals surface area contributed by atoms with E-state index in [4.69, 9.17) is 0 Å². The molecule has 1 aliphatic rings. The first-order valence-electron chi connectivity index (χ1n) is 7.98. The van der Waals surface area contributed by atoms with Gasteiger partial charge >= 0.3 is 0 Å². The van der Waals surface area contributed by atoms with E-state index in [-0.39, 0.29) is 0 Å². The van der Waals surface area contributed by atoms with E-state index in [2.05, 4.69) is 41.5 Å². The van der Waals surface area contributed by atoms with Crippen molar-refractivity contribution in [2.45, 2.75) is 46.5 Å². The monoisotopic (exact) mass is 279 g/mol. The molecule has 0 saturated heterocycles. The molecule has 0 bridgehead atoms. The minimum Gasteiger partial charge on any atom is -0.316 e. The van der Waals surface area contributed by atoms with Gasteiger partial charge in [-0.2, -0.15) is 4.80 Å². The second-order valence-corrected chi connectivity index (χ2v) is 6.89. The molecule has 3 atom stereocenters. The van der Waals surface area contributed by atoms with Crippen LogP contribution >= 0.6 is 0 Å². The van der Waals surface area contributed by atoms with Crippen molar-refractivity contribution in [1.29, 1.82) is 0 Å². The van der Waals surface area contributed by atoms with E-state index in [9.17, 15) is 0 Å². The molecule has 1 aromatic rings. The fourth-order valence-corrected chi connectivity index (χ4v) is 3.28. The highest BCUT2D eigenvalue weighted by Crippen LogP contribution is 2.35. The van der Waals surface area contributed by atoms with Gasteiger partial charge in [-0.3, -0.25) is 0 Å². The highest BCUT2D eigenvalue weighted by molar-refractivity contribution is 4.88. The molecule has 0 amide bonds. The average molecular weight is 279 g/mol. The van der Waals surface area contributed by atoms with E-state index in [1.807, 2.05) is 7.05 Å². The predicted molar refractivity (Wildman–Crippen MR) is 80.2 cm³/mol. The van der Waals surface area contributed by atoms with E-state index in [0.29, 0.717) is 5.92 Å². The molecule has 1 fully saturated rings. The summed E-state index contributed by atoms with van der Waals surface area (Å²) in [6.45, 7) is 9.14. The van der Waals surface area contributed by atoms with Crippen molar-refractivity contribution < 1.29 is 0 Å². The van der Waals surface area contributed by atoms with Crippen molar-refractivity contribution in [2.24, 2.45) is 30.7 Å². The van der Waals surface area contributed by atoms with Crippen molar-refractivity contribution in [2.75, 3.05) is 13.1 Å². The summed E-state index contributed by atoms with van der Waals surface area (Å²) >= 11 is 0. The van der Waals surface area contributed by atoms with Gasteiger partial charge in [-0.15, -0.1) is 10.2 Å². The average Bonchev–Trinajstić information content (AvgIpc) is 2.77. The van der Waals surface area contributed by atoms with Gasteiger partial charge in [0.25, 0.3) is 0 Å². The van der Waals surface area contributed by atoms with Crippen molar-refractivity contribution in [3.8, 4) is 0 Å². The minimum atomic E-state index is 0.697. The van der Waals surface area contributed by atoms with Crippen LogP contribution in [-0.4, -0.2) is 33.3 Å². The Morgan fingerprint density at radius 3 is 2.75 bits per heavy atom. The Balaban J connectivity index is 1.90. The van der Waals surface area contributed by atoms with Gasteiger partial charge < -0.3 is 5.32 Å².